The Bertz CT molecular complexity index is 709. The zero-order valence-corrected chi connectivity index (χ0v) is 13.8. The molecule has 1 amide bonds. The van der Waals surface area contributed by atoms with Crippen molar-refractivity contribution in [3.8, 4) is 0 Å². The highest BCUT2D eigenvalue weighted by Crippen LogP contribution is 2.32. The van der Waals surface area contributed by atoms with Crippen molar-refractivity contribution in [3.05, 3.63) is 36.0 Å². The van der Waals surface area contributed by atoms with Crippen molar-refractivity contribution in [1.29, 1.82) is 0 Å². The Morgan fingerprint density at radius 3 is 2.92 bits per heavy atom. The van der Waals surface area contributed by atoms with Gasteiger partial charge in [0.1, 0.15) is 18.2 Å². The number of likely N-dealkylation sites (tertiary alicyclic amines) is 1. The van der Waals surface area contributed by atoms with E-state index in [1.807, 2.05) is 17.9 Å². The Kier molecular flexibility index (Phi) is 4.95. The highest BCUT2D eigenvalue weighted by atomic mass is 16.5. The highest BCUT2D eigenvalue weighted by molar-refractivity contribution is 5.78. The number of carbonyl (C=O) groups excluding carboxylic acids is 1. The van der Waals surface area contributed by atoms with Gasteiger partial charge in [-0.3, -0.25) is 4.79 Å². The van der Waals surface area contributed by atoms with Gasteiger partial charge in [-0.05, 0) is 25.8 Å². The summed E-state index contributed by atoms with van der Waals surface area (Å²) in [5, 5.41) is 3.08. The second-order valence-corrected chi connectivity index (χ2v) is 5.60. The molecule has 1 fully saturated rings. The maximum Gasteiger partial charge on any atom is 0.249 e. The smallest absolute Gasteiger partial charge is 0.249 e. The van der Waals surface area contributed by atoms with Gasteiger partial charge in [-0.15, -0.1) is 0 Å². The third-order valence-electron chi connectivity index (χ3n) is 3.85. The van der Waals surface area contributed by atoms with Crippen LogP contribution in [-0.4, -0.2) is 51.0 Å². The van der Waals surface area contributed by atoms with E-state index in [-0.39, 0.29) is 18.6 Å². The average molecular weight is 328 g/mol. The topological polar surface area (TPSA) is 93.1 Å². The fourth-order valence-corrected chi connectivity index (χ4v) is 2.88. The number of carbonyl (C=O) groups is 1. The number of hydrogen-bond donors (Lipinski definition) is 1. The molecule has 3 heterocycles. The molecule has 0 aliphatic carbocycles. The molecule has 8 nitrogen and oxygen atoms in total. The molecule has 1 aliphatic heterocycles. The average Bonchev–Trinajstić information content (AvgIpc) is 3.05. The van der Waals surface area contributed by atoms with Gasteiger partial charge in [0.2, 0.25) is 11.9 Å². The maximum absolute atomic E-state index is 12.2. The number of amides is 1. The fraction of sp³-hybridized carbons (Fsp3) is 0.438. The number of rotatable bonds is 5. The first-order valence-corrected chi connectivity index (χ1v) is 7.85. The predicted molar refractivity (Wildman–Crippen MR) is 87.6 cm³/mol. The monoisotopic (exact) mass is 328 g/mol. The van der Waals surface area contributed by atoms with Crippen LogP contribution in [0.2, 0.25) is 0 Å². The lowest BCUT2D eigenvalue weighted by Gasteiger charge is -2.24. The Labute approximate surface area is 140 Å². The van der Waals surface area contributed by atoms with Gasteiger partial charge < -0.3 is 15.0 Å². The van der Waals surface area contributed by atoms with E-state index in [2.05, 4.69) is 25.3 Å². The fourth-order valence-electron chi connectivity index (χ4n) is 2.88. The molecular weight excluding hydrogens is 308 g/mol. The van der Waals surface area contributed by atoms with Gasteiger partial charge in [0.15, 0.2) is 0 Å². The molecule has 2 aromatic rings. The van der Waals surface area contributed by atoms with E-state index in [1.54, 1.807) is 18.5 Å². The number of aromatic nitrogens is 4. The van der Waals surface area contributed by atoms with Crippen LogP contribution in [0.5, 0.6) is 0 Å². The molecular formula is C16H20N6O2. The Balaban J connectivity index is 1.84. The molecule has 1 aliphatic rings. The number of nitrogens with zero attached hydrogens (tertiary/aromatic N) is 5. The van der Waals surface area contributed by atoms with Gasteiger partial charge in [0.25, 0.3) is 0 Å². The molecule has 1 saturated heterocycles. The molecule has 0 saturated carbocycles. The van der Waals surface area contributed by atoms with E-state index in [1.165, 1.54) is 7.11 Å². The second kappa shape index (κ2) is 7.31. The van der Waals surface area contributed by atoms with Gasteiger partial charge in [0.05, 0.1) is 11.7 Å². The van der Waals surface area contributed by atoms with Crippen LogP contribution in [0.4, 0.5) is 11.8 Å². The SMILES string of the molecule is COCC(=O)N1CCC[C@@H]1c1cc(Nc2ncccn2)nc(C)n1. The number of nitrogens with one attached hydrogen (secondary N) is 1. The van der Waals surface area contributed by atoms with Crippen molar-refractivity contribution in [2.75, 3.05) is 25.6 Å². The molecule has 1 atom stereocenters. The minimum atomic E-state index is -0.0495. The van der Waals surface area contributed by atoms with Crippen molar-refractivity contribution >= 4 is 17.7 Å². The summed E-state index contributed by atoms with van der Waals surface area (Å²) in [6.07, 6.45) is 5.15. The lowest BCUT2D eigenvalue weighted by Crippen LogP contribution is -2.33. The van der Waals surface area contributed by atoms with Gasteiger partial charge in [-0.25, -0.2) is 19.9 Å². The third kappa shape index (κ3) is 3.65. The van der Waals surface area contributed by atoms with Gasteiger partial charge in [-0.2, -0.15) is 0 Å². The van der Waals surface area contributed by atoms with Crippen LogP contribution in [0.15, 0.2) is 24.5 Å². The summed E-state index contributed by atoms with van der Waals surface area (Å²) in [5.41, 5.74) is 0.822. The first kappa shape index (κ1) is 16.3. The van der Waals surface area contributed by atoms with Crippen LogP contribution in [0.3, 0.4) is 0 Å². The summed E-state index contributed by atoms with van der Waals surface area (Å²) in [5.74, 6) is 1.71. The molecule has 8 heteroatoms. The van der Waals surface area contributed by atoms with E-state index in [4.69, 9.17) is 4.74 Å². The van der Waals surface area contributed by atoms with Crippen molar-refractivity contribution in [1.82, 2.24) is 24.8 Å². The lowest BCUT2D eigenvalue weighted by molar-refractivity contribution is -0.136. The number of anilines is 2. The third-order valence-corrected chi connectivity index (χ3v) is 3.85. The Morgan fingerprint density at radius 1 is 1.38 bits per heavy atom. The number of hydrogen-bond acceptors (Lipinski definition) is 7. The summed E-state index contributed by atoms with van der Waals surface area (Å²) in [6.45, 7) is 2.64. The van der Waals surface area contributed by atoms with Crippen LogP contribution in [0, 0.1) is 6.92 Å². The Hall–Kier alpha value is -2.61. The van der Waals surface area contributed by atoms with E-state index in [0.717, 1.165) is 25.1 Å². The normalized spacial score (nSPS) is 17.1. The second-order valence-electron chi connectivity index (χ2n) is 5.60. The molecule has 0 bridgehead atoms. The predicted octanol–water partition coefficient (Wildman–Crippen LogP) is 1.63. The first-order valence-electron chi connectivity index (χ1n) is 7.85. The van der Waals surface area contributed by atoms with Crippen molar-refractivity contribution in [2.24, 2.45) is 0 Å². The molecule has 24 heavy (non-hydrogen) atoms. The van der Waals surface area contributed by atoms with Crippen molar-refractivity contribution in [3.63, 3.8) is 0 Å². The zero-order chi connectivity index (χ0) is 16.9. The molecule has 126 valence electrons. The highest BCUT2D eigenvalue weighted by Gasteiger charge is 2.31. The summed E-state index contributed by atoms with van der Waals surface area (Å²) in [7, 11) is 1.53. The van der Waals surface area contributed by atoms with Gasteiger partial charge >= 0.3 is 0 Å². The minimum absolute atomic E-state index is 0.0165. The van der Waals surface area contributed by atoms with Gasteiger partial charge in [0, 0.05) is 32.1 Å². The molecule has 0 spiro atoms. The molecule has 0 unspecified atom stereocenters. The van der Waals surface area contributed by atoms with Crippen LogP contribution in [0.25, 0.3) is 0 Å². The molecule has 0 aromatic carbocycles. The molecule has 0 radical (unpaired) electrons. The molecule has 2 aromatic heterocycles. The van der Waals surface area contributed by atoms with Crippen LogP contribution < -0.4 is 5.32 Å². The largest absolute Gasteiger partial charge is 0.375 e. The Morgan fingerprint density at radius 2 is 2.17 bits per heavy atom. The van der Waals surface area contributed by atoms with E-state index < -0.39 is 0 Å². The standard InChI is InChI=1S/C16H20N6O2/c1-11-19-12(13-5-3-8-22(13)15(23)10-24-2)9-14(20-11)21-16-17-6-4-7-18-16/h4,6-7,9,13H,3,5,8,10H2,1-2H3,(H,17,18,19,20,21)/t13-/m1/s1. The van der Waals surface area contributed by atoms with Crippen molar-refractivity contribution < 1.29 is 9.53 Å². The van der Waals surface area contributed by atoms with Crippen LogP contribution in [-0.2, 0) is 9.53 Å². The molecule has 3 rings (SSSR count). The van der Waals surface area contributed by atoms with Crippen molar-refractivity contribution in [2.45, 2.75) is 25.8 Å². The lowest BCUT2D eigenvalue weighted by atomic mass is 10.1. The van der Waals surface area contributed by atoms with Crippen LogP contribution >= 0.6 is 0 Å². The number of aryl methyl sites for hydroxylation is 1. The van der Waals surface area contributed by atoms with Gasteiger partial charge in [-0.1, -0.05) is 0 Å². The minimum Gasteiger partial charge on any atom is -0.375 e. The summed E-state index contributed by atoms with van der Waals surface area (Å²) in [6, 6.07) is 3.55. The van der Waals surface area contributed by atoms with E-state index in [9.17, 15) is 4.79 Å². The first-order chi connectivity index (χ1) is 11.7. The van der Waals surface area contributed by atoms with E-state index >= 15 is 0 Å². The van der Waals surface area contributed by atoms with Crippen LogP contribution in [0.1, 0.15) is 30.4 Å². The molecule has 1 N–H and O–H groups in total. The summed E-state index contributed by atoms with van der Waals surface area (Å²) >= 11 is 0. The zero-order valence-electron chi connectivity index (χ0n) is 13.8. The quantitative estimate of drug-likeness (QED) is 0.891. The summed E-state index contributed by atoms with van der Waals surface area (Å²) in [4.78, 5) is 31.2. The maximum atomic E-state index is 12.2. The van der Waals surface area contributed by atoms with E-state index in [0.29, 0.717) is 17.6 Å². The number of methoxy groups -OCH3 is 1. The number of ether oxygens (including phenoxy) is 1. The summed E-state index contributed by atoms with van der Waals surface area (Å²) < 4.78 is 4.97.